The third kappa shape index (κ3) is 4.76. The van der Waals surface area contributed by atoms with E-state index in [2.05, 4.69) is 34.6 Å². The largest absolute Gasteiger partial charge is 0.469 e. The number of hydrogen-bond donors (Lipinski definition) is 0. The van der Waals surface area contributed by atoms with Crippen LogP contribution in [0.5, 0.6) is 0 Å². The molecule has 3 nitrogen and oxygen atoms in total. The van der Waals surface area contributed by atoms with Gasteiger partial charge in [0.2, 0.25) is 0 Å². The van der Waals surface area contributed by atoms with Crippen LogP contribution in [0.15, 0.2) is 0 Å². The minimum absolute atomic E-state index is 0.135. The number of epoxide rings is 1. The van der Waals surface area contributed by atoms with Crippen molar-refractivity contribution in [1.82, 2.24) is 0 Å². The van der Waals surface area contributed by atoms with Crippen LogP contribution in [0.2, 0.25) is 0 Å². The molecule has 118 valence electrons. The summed E-state index contributed by atoms with van der Waals surface area (Å²) in [5.41, 5.74) is -0.0949. The zero-order valence-electron chi connectivity index (χ0n) is 14.4. The molecule has 0 radical (unpaired) electrons. The Labute approximate surface area is 124 Å². The van der Waals surface area contributed by atoms with Gasteiger partial charge in [0.1, 0.15) is 0 Å². The molecule has 0 aromatic rings. The molecule has 1 aliphatic heterocycles. The highest BCUT2D eigenvalue weighted by molar-refractivity contribution is 5.75. The van der Waals surface area contributed by atoms with Crippen LogP contribution in [-0.2, 0) is 14.3 Å². The number of carbonyl (C=O) groups is 1. The monoisotopic (exact) mass is 284 g/mol. The SMILES string of the molecule is COC(=O)C(C)(C)C[C@@H](C)C1OC1[C@@H](C)CC(C)(C)C. The fraction of sp³-hybridized carbons (Fsp3) is 0.941. The Balaban J connectivity index is 2.48. The summed E-state index contributed by atoms with van der Waals surface area (Å²) in [6.45, 7) is 15.2. The van der Waals surface area contributed by atoms with Gasteiger partial charge in [-0.25, -0.2) is 0 Å². The molecular formula is C17H32O3. The number of esters is 1. The molecule has 0 aromatic carbocycles. The fourth-order valence-corrected chi connectivity index (χ4v) is 3.41. The second kappa shape index (κ2) is 6.05. The van der Waals surface area contributed by atoms with Gasteiger partial charge in [0.05, 0.1) is 24.7 Å². The van der Waals surface area contributed by atoms with E-state index in [0.29, 0.717) is 29.5 Å². The van der Waals surface area contributed by atoms with E-state index in [9.17, 15) is 4.79 Å². The molecule has 1 aliphatic rings. The van der Waals surface area contributed by atoms with Crippen LogP contribution in [0.4, 0.5) is 0 Å². The van der Waals surface area contributed by atoms with Crippen molar-refractivity contribution < 1.29 is 14.3 Å². The van der Waals surface area contributed by atoms with Crippen molar-refractivity contribution in [2.24, 2.45) is 22.7 Å². The van der Waals surface area contributed by atoms with E-state index in [0.717, 1.165) is 6.42 Å². The number of methoxy groups -OCH3 is 1. The molecule has 0 aromatic heterocycles. The van der Waals surface area contributed by atoms with Gasteiger partial charge in [-0.15, -0.1) is 0 Å². The van der Waals surface area contributed by atoms with Gasteiger partial charge in [0.25, 0.3) is 0 Å². The molecule has 20 heavy (non-hydrogen) atoms. The van der Waals surface area contributed by atoms with Gasteiger partial charge in [0.15, 0.2) is 0 Å². The number of carbonyl (C=O) groups excluding carboxylic acids is 1. The highest BCUT2D eigenvalue weighted by Crippen LogP contribution is 2.43. The molecule has 0 amide bonds. The molecule has 0 aliphatic carbocycles. The van der Waals surface area contributed by atoms with Crippen LogP contribution in [-0.4, -0.2) is 25.3 Å². The second-order valence-electron chi connectivity index (χ2n) is 8.36. The predicted molar refractivity (Wildman–Crippen MR) is 81.5 cm³/mol. The van der Waals surface area contributed by atoms with E-state index in [1.807, 2.05) is 13.8 Å². The first-order valence-corrected chi connectivity index (χ1v) is 7.72. The summed E-state index contributed by atoms with van der Waals surface area (Å²) in [6, 6.07) is 0. The van der Waals surface area contributed by atoms with Crippen molar-refractivity contribution in [3.8, 4) is 0 Å². The summed E-state index contributed by atoms with van der Waals surface area (Å²) in [5.74, 6) is 0.824. The number of hydrogen-bond acceptors (Lipinski definition) is 3. The standard InChI is InChI=1S/C17H32O3/c1-11(9-16(3,4)5)13-14(20-13)12(2)10-17(6,7)15(18)19-8/h11-14H,9-10H2,1-8H3/t11-,12+,13?,14?/m0/s1. The Kier molecular flexibility index (Phi) is 5.29. The molecule has 0 N–H and O–H groups in total. The van der Waals surface area contributed by atoms with Gasteiger partial charge in [-0.3, -0.25) is 4.79 Å². The molecule has 2 unspecified atom stereocenters. The minimum atomic E-state index is -0.433. The van der Waals surface area contributed by atoms with Crippen molar-refractivity contribution in [3.05, 3.63) is 0 Å². The maximum atomic E-state index is 11.8. The van der Waals surface area contributed by atoms with Gasteiger partial charge in [-0.1, -0.05) is 34.6 Å². The van der Waals surface area contributed by atoms with Gasteiger partial charge >= 0.3 is 5.97 Å². The normalized spacial score (nSPS) is 26.0. The van der Waals surface area contributed by atoms with Crippen LogP contribution in [0, 0.1) is 22.7 Å². The summed E-state index contributed by atoms with van der Waals surface area (Å²) >= 11 is 0. The van der Waals surface area contributed by atoms with E-state index in [4.69, 9.17) is 9.47 Å². The lowest BCUT2D eigenvalue weighted by molar-refractivity contribution is -0.151. The quantitative estimate of drug-likeness (QED) is 0.545. The molecule has 0 bridgehead atoms. The van der Waals surface area contributed by atoms with Crippen LogP contribution >= 0.6 is 0 Å². The maximum absolute atomic E-state index is 11.8. The fourth-order valence-electron chi connectivity index (χ4n) is 3.41. The van der Waals surface area contributed by atoms with Gasteiger partial charge in [0, 0.05) is 0 Å². The first kappa shape index (κ1) is 17.5. The van der Waals surface area contributed by atoms with Crippen LogP contribution in [0.3, 0.4) is 0 Å². The molecule has 0 saturated carbocycles. The predicted octanol–water partition coefficient (Wildman–Crippen LogP) is 4.05. The summed E-state index contributed by atoms with van der Waals surface area (Å²) in [6.07, 6.45) is 2.64. The van der Waals surface area contributed by atoms with Crippen molar-refractivity contribution >= 4 is 5.97 Å². The van der Waals surface area contributed by atoms with E-state index in [1.54, 1.807) is 0 Å². The zero-order valence-corrected chi connectivity index (χ0v) is 14.4. The lowest BCUT2D eigenvalue weighted by Gasteiger charge is -2.25. The molecule has 0 spiro atoms. The van der Waals surface area contributed by atoms with E-state index >= 15 is 0 Å². The third-order valence-electron chi connectivity index (χ3n) is 4.19. The van der Waals surface area contributed by atoms with Gasteiger partial charge in [-0.05, 0) is 43.9 Å². The summed E-state index contributed by atoms with van der Waals surface area (Å²) in [4.78, 5) is 11.8. The molecule has 4 atom stereocenters. The molecule has 1 fully saturated rings. The van der Waals surface area contributed by atoms with Crippen molar-refractivity contribution in [3.63, 3.8) is 0 Å². The van der Waals surface area contributed by atoms with Crippen molar-refractivity contribution in [2.45, 2.75) is 73.5 Å². The lowest BCUT2D eigenvalue weighted by Crippen LogP contribution is -2.29. The van der Waals surface area contributed by atoms with E-state index in [1.165, 1.54) is 13.5 Å². The van der Waals surface area contributed by atoms with Gasteiger partial charge in [-0.2, -0.15) is 0 Å². The Morgan fingerprint density at radius 1 is 1.05 bits per heavy atom. The highest BCUT2D eigenvalue weighted by Gasteiger charge is 2.48. The summed E-state index contributed by atoms with van der Waals surface area (Å²) < 4.78 is 10.8. The smallest absolute Gasteiger partial charge is 0.311 e. The molecule has 1 heterocycles. The topological polar surface area (TPSA) is 38.8 Å². The molecule has 3 heteroatoms. The molecule has 1 rings (SSSR count). The second-order valence-corrected chi connectivity index (χ2v) is 8.36. The summed E-state index contributed by atoms with van der Waals surface area (Å²) in [5, 5.41) is 0. The lowest BCUT2D eigenvalue weighted by atomic mass is 9.79. The Morgan fingerprint density at radius 2 is 1.50 bits per heavy atom. The summed E-state index contributed by atoms with van der Waals surface area (Å²) in [7, 11) is 1.45. The first-order valence-electron chi connectivity index (χ1n) is 7.72. The average Bonchev–Trinajstić information content (AvgIpc) is 3.04. The molecule has 1 saturated heterocycles. The van der Waals surface area contributed by atoms with Crippen LogP contribution in [0.25, 0.3) is 0 Å². The van der Waals surface area contributed by atoms with E-state index in [-0.39, 0.29) is 5.97 Å². The number of rotatable bonds is 6. The molecular weight excluding hydrogens is 252 g/mol. The maximum Gasteiger partial charge on any atom is 0.311 e. The minimum Gasteiger partial charge on any atom is -0.469 e. The average molecular weight is 284 g/mol. The van der Waals surface area contributed by atoms with Gasteiger partial charge < -0.3 is 9.47 Å². The van der Waals surface area contributed by atoms with Crippen molar-refractivity contribution in [1.29, 1.82) is 0 Å². The first-order chi connectivity index (χ1) is 8.98. The Bertz CT molecular complexity index is 341. The van der Waals surface area contributed by atoms with Crippen LogP contribution < -0.4 is 0 Å². The highest BCUT2D eigenvalue weighted by atomic mass is 16.6. The zero-order chi connectivity index (χ0) is 15.7. The number of ether oxygens (including phenoxy) is 2. The van der Waals surface area contributed by atoms with E-state index < -0.39 is 5.41 Å². The Morgan fingerprint density at radius 3 is 1.90 bits per heavy atom. The van der Waals surface area contributed by atoms with Crippen LogP contribution in [0.1, 0.15) is 61.3 Å². The Hall–Kier alpha value is -0.570. The van der Waals surface area contributed by atoms with Crippen molar-refractivity contribution in [2.75, 3.05) is 7.11 Å². The third-order valence-corrected chi connectivity index (χ3v) is 4.19.